The van der Waals surface area contributed by atoms with Crippen LogP contribution in [0.1, 0.15) is 31.3 Å². The molecule has 1 unspecified atom stereocenters. The molecule has 182 valence electrons. The van der Waals surface area contributed by atoms with E-state index in [4.69, 9.17) is 23.7 Å². The van der Waals surface area contributed by atoms with Gasteiger partial charge in [-0.2, -0.15) is 0 Å². The highest BCUT2D eigenvalue weighted by atomic mass is 16.8. The Bertz CT molecular complexity index is 956. The Kier molecular flexibility index (Phi) is 7.91. The number of hydrogen-bond donors (Lipinski definition) is 2. The average molecular weight is 472 g/mol. The molecule has 0 aromatic heterocycles. The second-order valence-corrected chi connectivity index (χ2v) is 8.32. The summed E-state index contributed by atoms with van der Waals surface area (Å²) in [5, 5.41) is 12.3. The van der Waals surface area contributed by atoms with Gasteiger partial charge in [0.1, 0.15) is 24.4 Å². The summed E-state index contributed by atoms with van der Waals surface area (Å²) < 4.78 is 30.3. The number of fused-ring (bicyclic) bond motifs is 1. The molecule has 2 fully saturated rings. The van der Waals surface area contributed by atoms with Crippen LogP contribution in [0.15, 0.2) is 60.7 Å². The maximum Gasteiger partial charge on any atom is 0.332 e. The third-order valence-corrected chi connectivity index (χ3v) is 5.75. The minimum Gasteiger partial charge on any atom is -0.479 e. The van der Waals surface area contributed by atoms with Crippen molar-refractivity contribution in [2.75, 3.05) is 6.61 Å². The highest BCUT2D eigenvalue weighted by molar-refractivity contribution is 5.73. The van der Waals surface area contributed by atoms with Gasteiger partial charge in [-0.1, -0.05) is 60.7 Å². The predicted molar refractivity (Wildman–Crippen MR) is 119 cm³/mol. The van der Waals surface area contributed by atoms with Gasteiger partial charge in [-0.25, -0.2) is 4.79 Å². The molecular formula is C25H29NO8. The van der Waals surface area contributed by atoms with Gasteiger partial charge in [0.15, 0.2) is 18.7 Å². The standard InChI is InChI=1S/C25H29NO8/c1-15(23(28)29)32-22-20(26-16(2)27)25(30-13-17-9-5-3-6-10-17)33-19-14-31-24(34-21(19)22)18-11-7-4-8-12-18/h3-12,15,19-22,24-25H,13-14H2,1-2H3,(H,26,27)(H,28,29)/t15-,19+,20+,21-,22+,24?,25-/m1/s1. The minimum absolute atomic E-state index is 0.184. The van der Waals surface area contributed by atoms with E-state index < -0.39 is 49.0 Å². The van der Waals surface area contributed by atoms with Gasteiger partial charge in [0, 0.05) is 12.5 Å². The number of rotatable bonds is 8. The van der Waals surface area contributed by atoms with Crippen LogP contribution in [-0.2, 0) is 39.9 Å². The van der Waals surface area contributed by atoms with Gasteiger partial charge in [0.2, 0.25) is 5.91 Å². The largest absolute Gasteiger partial charge is 0.479 e. The van der Waals surface area contributed by atoms with Crippen LogP contribution in [0.4, 0.5) is 0 Å². The van der Waals surface area contributed by atoms with Crippen LogP contribution in [0.2, 0.25) is 0 Å². The molecule has 34 heavy (non-hydrogen) atoms. The van der Waals surface area contributed by atoms with Crippen molar-refractivity contribution < 1.29 is 38.4 Å². The highest BCUT2D eigenvalue weighted by Crippen LogP contribution is 2.36. The van der Waals surface area contributed by atoms with Gasteiger partial charge < -0.3 is 34.1 Å². The number of carboxylic acids is 1. The molecule has 2 aromatic carbocycles. The zero-order valence-corrected chi connectivity index (χ0v) is 19.0. The van der Waals surface area contributed by atoms with E-state index in [1.165, 1.54) is 13.8 Å². The Morgan fingerprint density at radius 3 is 2.41 bits per heavy atom. The molecule has 2 aliphatic rings. The summed E-state index contributed by atoms with van der Waals surface area (Å²) in [7, 11) is 0. The number of ether oxygens (including phenoxy) is 5. The molecule has 0 spiro atoms. The van der Waals surface area contributed by atoms with E-state index in [1.807, 2.05) is 60.7 Å². The van der Waals surface area contributed by atoms with Crippen molar-refractivity contribution in [3.05, 3.63) is 71.8 Å². The summed E-state index contributed by atoms with van der Waals surface area (Å²) in [5.74, 6) is -1.46. The normalized spacial score (nSPS) is 29.6. The molecule has 1 amide bonds. The Balaban J connectivity index is 1.59. The summed E-state index contributed by atoms with van der Waals surface area (Å²) in [4.78, 5) is 23.7. The molecule has 2 aromatic rings. The van der Waals surface area contributed by atoms with E-state index in [-0.39, 0.29) is 19.1 Å². The second kappa shape index (κ2) is 11.1. The van der Waals surface area contributed by atoms with Crippen molar-refractivity contribution in [1.82, 2.24) is 5.32 Å². The molecule has 2 heterocycles. The summed E-state index contributed by atoms with van der Waals surface area (Å²) in [6, 6.07) is 18.1. The Morgan fingerprint density at radius 2 is 1.76 bits per heavy atom. The lowest BCUT2D eigenvalue weighted by Gasteiger charge is -2.49. The Hall–Kier alpha value is -2.82. The van der Waals surface area contributed by atoms with E-state index >= 15 is 0 Å². The van der Waals surface area contributed by atoms with Crippen molar-refractivity contribution >= 4 is 11.9 Å². The van der Waals surface area contributed by atoms with Crippen LogP contribution in [0.25, 0.3) is 0 Å². The quantitative estimate of drug-likeness (QED) is 0.604. The first-order valence-corrected chi connectivity index (χ1v) is 11.2. The maximum absolute atomic E-state index is 12.1. The number of carbonyl (C=O) groups is 2. The van der Waals surface area contributed by atoms with Gasteiger partial charge in [-0.05, 0) is 12.5 Å². The monoisotopic (exact) mass is 471 g/mol. The molecule has 9 nitrogen and oxygen atoms in total. The fourth-order valence-corrected chi connectivity index (χ4v) is 4.09. The van der Waals surface area contributed by atoms with Crippen LogP contribution in [0.5, 0.6) is 0 Å². The lowest BCUT2D eigenvalue weighted by atomic mass is 9.95. The molecule has 2 saturated heterocycles. The summed E-state index contributed by atoms with van der Waals surface area (Å²) >= 11 is 0. The summed E-state index contributed by atoms with van der Waals surface area (Å²) in [6.07, 6.45) is -4.87. The average Bonchev–Trinajstić information content (AvgIpc) is 2.84. The lowest BCUT2D eigenvalue weighted by molar-refractivity contribution is -0.351. The van der Waals surface area contributed by atoms with E-state index in [1.54, 1.807) is 0 Å². The Morgan fingerprint density at radius 1 is 1.09 bits per heavy atom. The number of amides is 1. The van der Waals surface area contributed by atoms with Gasteiger partial charge in [0.25, 0.3) is 0 Å². The third kappa shape index (κ3) is 5.81. The fraction of sp³-hybridized carbons (Fsp3) is 0.440. The number of nitrogens with one attached hydrogen (secondary N) is 1. The van der Waals surface area contributed by atoms with E-state index in [9.17, 15) is 14.7 Å². The first-order valence-electron chi connectivity index (χ1n) is 11.2. The fourth-order valence-electron chi connectivity index (χ4n) is 4.09. The van der Waals surface area contributed by atoms with E-state index in [0.29, 0.717) is 0 Å². The van der Waals surface area contributed by atoms with Gasteiger partial charge in [0.05, 0.1) is 13.2 Å². The maximum atomic E-state index is 12.1. The molecule has 2 N–H and O–H groups in total. The molecule has 4 rings (SSSR count). The van der Waals surface area contributed by atoms with E-state index in [0.717, 1.165) is 11.1 Å². The van der Waals surface area contributed by atoms with Crippen molar-refractivity contribution in [3.63, 3.8) is 0 Å². The molecule has 0 saturated carbocycles. The first-order chi connectivity index (χ1) is 16.4. The SMILES string of the molecule is CC(=O)N[C@@H]1[C@H](OCc2ccccc2)O[C@H]2COC(c3ccccc3)O[C@H]2[C@H]1O[C@H](C)C(=O)O. The summed E-state index contributed by atoms with van der Waals surface area (Å²) in [6.45, 7) is 3.22. The first kappa shape index (κ1) is 24.3. The second-order valence-electron chi connectivity index (χ2n) is 8.32. The Labute approximate surface area is 197 Å². The van der Waals surface area contributed by atoms with E-state index in [2.05, 4.69) is 5.32 Å². The highest BCUT2D eigenvalue weighted by Gasteiger charge is 2.52. The van der Waals surface area contributed by atoms with Gasteiger partial charge in [-0.3, -0.25) is 4.79 Å². The molecule has 2 aliphatic heterocycles. The zero-order valence-electron chi connectivity index (χ0n) is 19.0. The third-order valence-electron chi connectivity index (χ3n) is 5.75. The van der Waals surface area contributed by atoms with Crippen LogP contribution in [0.3, 0.4) is 0 Å². The topological polar surface area (TPSA) is 113 Å². The smallest absolute Gasteiger partial charge is 0.332 e. The number of carboxylic acid groups (broad SMARTS) is 1. The van der Waals surface area contributed by atoms with Crippen molar-refractivity contribution in [2.24, 2.45) is 0 Å². The van der Waals surface area contributed by atoms with Crippen LogP contribution < -0.4 is 5.32 Å². The number of aliphatic carboxylic acids is 1. The number of carbonyl (C=O) groups excluding carboxylic acids is 1. The lowest BCUT2D eigenvalue weighted by Crippen LogP contribution is -2.67. The van der Waals surface area contributed by atoms with Crippen molar-refractivity contribution in [1.29, 1.82) is 0 Å². The minimum atomic E-state index is -1.14. The van der Waals surface area contributed by atoms with Crippen molar-refractivity contribution in [3.8, 4) is 0 Å². The van der Waals surface area contributed by atoms with Gasteiger partial charge in [-0.15, -0.1) is 0 Å². The van der Waals surface area contributed by atoms with Crippen LogP contribution >= 0.6 is 0 Å². The molecule has 0 aliphatic carbocycles. The predicted octanol–water partition coefficient (Wildman–Crippen LogP) is 2.41. The number of hydrogen-bond acceptors (Lipinski definition) is 7. The van der Waals surface area contributed by atoms with Gasteiger partial charge >= 0.3 is 5.97 Å². The molecule has 9 heteroatoms. The van der Waals surface area contributed by atoms with Crippen LogP contribution in [0, 0.1) is 0 Å². The van der Waals surface area contributed by atoms with Crippen molar-refractivity contribution in [2.45, 2.75) is 63.5 Å². The summed E-state index contributed by atoms with van der Waals surface area (Å²) in [5.41, 5.74) is 1.73. The van der Waals surface area contributed by atoms with Crippen LogP contribution in [-0.4, -0.2) is 60.3 Å². The molecule has 0 bridgehead atoms. The zero-order chi connectivity index (χ0) is 24.1. The molecular weight excluding hydrogens is 442 g/mol. The number of benzene rings is 2. The molecule has 7 atom stereocenters. The molecule has 0 radical (unpaired) electrons.